The van der Waals surface area contributed by atoms with Gasteiger partial charge in [0.05, 0.1) is 24.8 Å². The Morgan fingerprint density at radius 1 is 1.43 bits per heavy atom. The number of nitrogen functional groups attached to an aromatic ring is 1. The number of ether oxygens (including phenoxy) is 1. The minimum absolute atomic E-state index is 0.204. The molecular weight excluding hydrogens is 378 g/mol. The van der Waals surface area contributed by atoms with Crippen LogP contribution < -0.4 is 15.8 Å². The van der Waals surface area contributed by atoms with Crippen LogP contribution in [0.5, 0.6) is 5.75 Å². The molecule has 1 fully saturated rings. The SMILES string of the molecule is COc1c(C(C)Nc2ncnc(N)c2C(C)=N)cc(Cl)c(C)c1C1CC(O)C1. The van der Waals surface area contributed by atoms with Gasteiger partial charge in [-0.15, -0.1) is 0 Å². The van der Waals surface area contributed by atoms with Crippen molar-refractivity contribution in [3.05, 3.63) is 39.7 Å². The minimum Gasteiger partial charge on any atom is -0.496 e. The number of hydrogen-bond acceptors (Lipinski definition) is 7. The molecule has 2 aromatic rings. The zero-order valence-corrected chi connectivity index (χ0v) is 17.3. The number of aliphatic hydroxyl groups excluding tert-OH is 1. The quantitative estimate of drug-likeness (QED) is 0.544. The molecule has 3 rings (SSSR count). The Hall–Kier alpha value is -2.38. The molecule has 1 saturated carbocycles. The summed E-state index contributed by atoms with van der Waals surface area (Å²) in [5, 5.41) is 21.7. The summed E-state index contributed by atoms with van der Waals surface area (Å²) in [6.45, 7) is 5.60. The smallest absolute Gasteiger partial charge is 0.141 e. The Morgan fingerprint density at radius 3 is 2.68 bits per heavy atom. The number of aromatic nitrogens is 2. The Balaban J connectivity index is 2.02. The standard InChI is InChI=1S/C20H26ClN5O2/c1-9-15(21)7-14(18(28-4)16(9)12-5-13(27)6-12)11(3)26-20-17(10(2)22)19(23)24-8-25-20/h7-8,11-13,22,27H,5-6H2,1-4H3,(H3,23,24,25,26). The Bertz CT molecular complexity index is 912. The second kappa shape index (κ2) is 7.93. The van der Waals surface area contributed by atoms with Gasteiger partial charge < -0.3 is 26.3 Å². The van der Waals surface area contributed by atoms with E-state index in [0.717, 1.165) is 22.4 Å². The lowest BCUT2D eigenvalue weighted by molar-refractivity contribution is 0.0735. The van der Waals surface area contributed by atoms with E-state index < -0.39 is 0 Å². The van der Waals surface area contributed by atoms with Crippen LogP contribution in [-0.4, -0.2) is 34.0 Å². The van der Waals surface area contributed by atoms with E-state index in [2.05, 4.69) is 15.3 Å². The van der Waals surface area contributed by atoms with Gasteiger partial charge in [0, 0.05) is 21.9 Å². The summed E-state index contributed by atoms with van der Waals surface area (Å²) in [5.41, 5.74) is 9.62. The number of nitrogens with one attached hydrogen (secondary N) is 2. The van der Waals surface area contributed by atoms with Gasteiger partial charge in [0.1, 0.15) is 23.7 Å². The number of methoxy groups -OCH3 is 1. The predicted molar refractivity (Wildman–Crippen MR) is 112 cm³/mol. The molecule has 0 aliphatic heterocycles. The number of rotatable bonds is 6. The topological polar surface area (TPSA) is 117 Å². The fourth-order valence-corrected chi connectivity index (χ4v) is 4.01. The van der Waals surface area contributed by atoms with Crippen molar-refractivity contribution in [1.29, 1.82) is 5.41 Å². The van der Waals surface area contributed by atoms with Crippen molar-refractivity contribution >= 4 is 28.9 Å². The van der Waals surface area contributed by atoms with Crippen molar-refractivity contribution in [3.63, 3.8) is 0 Å². The lowest BCUT2D eigenvalue weighted by Crippen LogP contribution is -2.28. The van der Waals surface area contributed by atoms with E-state index >= 15 is 0 Å². The predicted octanol–water partition coefficient (Wildman–Crippen LogP) is 3.83. The van der Waals surface area contributed by atoms with Crippen LogP contribution in [0.4, 0.5) is 11.6 Å². The van der Waals surface area contributed by atoms with Gasteiger partial charge in [-0.1, -0.05) is 11.6 Å². The third-order valence-electron chi connectivity index (χ3n) is 5.35. The fraction of sp³-hybridized carbons (Fsp3) is 0.450. The van der Waals surface area contributed by atoms with Crippen LogP contribution >= 0.6 is 11.6 Å². The maximum absolute atomic E-state index is 9.75. The zero-order valence-electron chi connectivity index (χ0n) is 16.5. The molecule has 0 radical (unpaired) electrons. The van der Waals surface area contributed by atoms with Gasteiger partial charge in [-0.05, 0) is 51.2 Å². The zero-order chi connectivity index (χ0) is 20.6. The lowest BCUT2D eigenvalue weighted by atomic mass is 9.75. The van der Waals surface area contributed by atoms with E-state index in [-0.39, 0.29) is 29.6 Å². The molecule has 1 aromatic heterocycles. The third kappa shape index (κ3) is 3.64. The summed E-state index contributed by atoms with van der Waals surface area (Å²) in [5.74, 6) is 1.75. The molecule has 1 aromatic carbocycles. The highest BCUT2D eigenvalue weighted by Crippen LogP contribution is 2.47. The Kier molecular flexibility index (Phi) is 5.76. The first-order valence-electron chi connectivity index (χ1n) is 9.22. The number of aliphatic hydroxyl groups is 1. The second-order valence-electron chi connectivity index (χ2n) is 7.32. The van der Waals surface area contributed by atoms with Crippen molar-refractivity contribution in [2.24, 2.45) is 0 Å². The second-order valence-corrected chi connectivity index (χ2v) is 7.72. The van der Waals surface area contributed by atoms with Crippen LogP contribution in [0, 0.1) is 12.3 Å². The fourth-order valence-electron chi connectivity index (χ4n) is 3.79. The van der Waals surface area contributed by atoms with E-state index in [1.54, 1.807) is 14.0 Å². The number of halogens is 1. The molecule has 0 spiro atoms. The molecule has 8 heteroatoms. The Labute approximate surface area is 169 Å². The van der Waals surface area contributed by atoms with E-state index in [0.29, 0.717) is 29.2 Å². The monoisotopic (exact) mass is 403 g/mol. The summed E-state index contributed by atoms with van der Waals surface area (Å²) in [6.07, 6.45) is 2.52. The van der Waals surface area contributed by atoms with Gasteiger partial charge in [0.15, 0.2) is 0 Å². The lowest BCUT2D eigenvalue weighted by Gasteiger charge is -2.35. The van der Waals surface area contributed by atoms with Gasteiger partial charge in [0.2, 0.25) is 0 Å². The number of nitrogens with two attached hydrogens (primary N) is 1. The molecule has 0 bridgehead atoms. The molecule has 7 nitrogen and oxygen atoms in total. The van der Waals surface area contributed by atoms with Crippen LogP contribution in [0.3, 0.4) is 0 Å². The normalized spacial score (nSPS) is 19.6. The maximum atomic E-state index is 9.75. The van der Waals surface area contributed by atoms with E-state index in [1.807, 2.05) is 19.9 Å². The number of hydrogen-bond donors (Lipinski definition) is 4. The van der Waals surface area contributed by atoms with Gasteiger partial charge in [-0.25, -0.2) is 9.97 Å². The molecule has 0 saturated heterocycles. The molecule has 1 unspecified atom stereocenters. The van der Waals surface area contributed by atoms with E-state index in [4.69, 9.17) is 27.5 Å². The summed E-state index contributed by atoms with van der Waals surface area (Å²) >= 11 is 6.54. The Morgan fingerprint density at radius 2 is 2.11 bits per heavy atom. The third-order valence-corrected chi connectivity index (χ3v) is 5.74. The summed E-state index contributed by atoms with van der Waals surface area (Å²) in [4.78, 5) is 8.25. The van der Waals surface area contributed by atoms with Gasteiger partial charge in [-0.2, -0.15) is 0 Å². The molecule has 150 valence electrons. The van der Waals surface area contributed by atoms with E-state index in [1.165, 1.54) is 6.33 Å². The average Bonchev–Trinajstić information content (AvgIpc) is 2.60. The highest BCUT2D eigenvalue weighted by atomic mass is 35.5. The molecule has 1 atom stereocenters. The van der Waals surface area contributed by atoms with Crippen LogP contribution in [0.25, 0.3) is 0 Å². The molecule has 0 amide bonds. The van der Waals surface area contributed by atoms with Crippen molar-refractivity contribution in [3.8, 4) is 5.75 Å². The summed E-state index contributed by atoms with van der Waals surface area (Å²) in [7, 11) is 1.65. The number of benzene rings is 1. The molecule has 1 heterocycles. The van der Waals surface area contributed by atoms with Crippen molar-refractivity contribution < 1.29 is 9.84 Å². The molecule has 1 aliphatic rings. The van der Waals surface area contributed by atoms with E-state index in [9.17, 15) is 5.11 Å². The summed E-state index contributed by atoms with van der Waals surface area (Å²) < 4.78 is 5.78. The average molecular weight is 404 g/mol. The first-order chi connectivity index (χ1) is 13.2. The highest BCUT2D eigenvalue weighted by Gasteiger charge is 2.34. The van der Waals surface area contributed by atoms with Crippen LogP contribution in [-0.2, 0) is 0 Å². The molecular formula is C20H26ClN5O2. The van der Waals surface area contributed by atoms with Gasteiger partial charge >= 0.3 is 0 Å². The van der Waals surface area contributed by atoms with Gasteiger partial charge in [0.25, 0.3) is 0 Å². The van der Waals surface area contributed by atoms with Crippen LogP contribution in [0.1, 0.15) is 60.9 Å². The molecule has 28 heavy (non-hydrogen) atoms. The maximum Gasteiger partial charge on any atom is 0.141 e. The first kappa shape index (κ1) is 20.4. The highest BCUT2D eigenvalue weighted by molar-refractivity contribution is 6.31. The number of nitrogens with zero attached hydrogens (tertiary/aromatic N) is 2. The molecule has 1 aliphatic carbocycles. The molecule has 5 N–H and O–H groups in total. The minimum atomic E-state index is -0.269. The summed E-state index contributed by atoms with van der Waals surface area (Å²) in [6, 6.07) is 1.69. The van der Waals surface area contributed by atoms with Crippen LogP contribution in [0.2, 0.25) is 5.02 Å². The van der Waals surface area contributed by atoms with Gasteiger partial charge in [-0.3, -0.25) is 0 Å². The van der Waals surface area contributed by atoms with Crippen molar-refractivity contribution in [2.75, 3.05) is 18.2 Å². The van der Waals surface area contributed by atoms with Crippen molar-refractivity contribution in [2.45, 2.75) is 51.7 Å². The first-order valence-corrected chi connectivity index (χ1v) is 9.59. The largest absolute Gasteiger partial charge is 0.496 e. The van der Waals surface area contributed by atoms with Crippen molar-refractivity contribution in [1.82, 2.24) is 9.97 Å². The number of anilines is 2. The van der Waals surface area contributed by atoms with Crippen LogP contribution in [0.15, 0.2) is 12.4 Å².